The molecule has 3 aromatic rings. The van der Waals surface area contributed by atoms with Gasteiger partial charge < -0.3 is 9.80 Å². The number of amides is 1. The number of hydrogen-bond donors (Lipinski definition) is 0. The van der Waals surface area contributed by atoms with Gasteiger partial charge in [-0.05, 0) is 49.1 Å². The molecule has 0 N–H and O–H groups in total. The fourth-order valence-electron chi connectivity index (χ4n) is 4.17. The highest BCUT2D eigenvalue weighted by Gasteiger charge is 2.29. The van der Waals surface area contributed by atoms with Crippen molar-refractivity contribution in [2.75, 3.05) is 24.5 Å². The second-order valence-corrected chi connectivity index (χ2v) is 8.19. The van der Waals surface area contributed by atoms with Crippen LogP contribution in [0.25, 0.3) is 11.4 Å². The smallest absolute Gasteiger partial charge is 0.242 e. The minimum atomic E-state index is 0.118. The summed E-state index contributed by atoms with van der Waals surface area (Å²) >= 11 is 5.97. The van der Waals surface area contributed by atoms with Crippen LogP contribution >= 0.6 is 11.6 Å². The molecule has 6 nitrogen and oxygen atoms in total. The summed E-state index contributed by atoms with van der Waals surface area (Å²) < 4.78 is 0. The summed E-state index contributed by atoms with van der Waals surface area (Å²) in [7, 11) is 0. The Hall–Kier alpha value is -2.99. The highest BCUT2D eigenvalue weighted by atomic mass is 35.5. The van der Waals surface area contributed by atoms with E-state index in [0.717, 1.165) is 48.4 Å². The predicted octanol–water partition coefficient (Wildman–Crippen LogP) is 3.53. The maximum Gasteiger partial charge on any atom is 0.242 e. The molecule has 0 atom stereocenters. The minimum Gasteiger partial charge on any atom is -0.345 e. The van der Waals surface area contributed by atoms with Crippen LogP contribution in [-0.2, 0) is 24.2 Å². The Bertz CT molecular complexity index is 1070. The number of benzene rings is 1. The van der Waals surface area contributed by atoms with Crippen LogP contribution < -0.4 is 4.90 Å². The van der Waals surface area contributed by atoms with Gasteiger partial charge >= 0.3 is 0 Å². The van der Waals surface area contributed by atoms with Gasteiger partial charge in [-0.15, -0.1) is 0 Å². The maximum absolute atomic E-state index is 12.9. The number of carbonyl (C=O) groups excluding carboxylic acids is 1. The average Bonchev–Trinajstić information content (AvgIpc) is 3.25. The molecule has 2 aromatic heterocycles. The largest absolute Gasteiger partial charge is 0.345 e. The fourth-order valence-corrected chi connectivity index (χ4v) is 4.30. The number of piperazine rings is 1. The minimum absolute atomic E-state index is 0.118. The number of fused-ring (bicyclic) bond motifs is 1. The van der Waals surface area contributed by atoms with Crippen LogP contribution in [0.3, 0.4) is 0 Å². The first kappa shape index (κ1) is 19.0. The summed E-state index contributed by atoms with van der Waals surface area (Å²) in [6.07, 6.45) is 6.53. The second kappa shape index (κ2) is 8.03. The van der Waals surface area contributed by atoms with Gasteiger partial charge in [0.1, 0.15) is 5.82 Å². The van der Waals surface area contributed by atoms with Gasteiger partial charge in [0.15, 0.2) is 5.82 Å². The molecule has 1 aliphatic carbocycles. The molecule has 5 rings (SSSR count). The maximum atomic E-state index is 12.9. The molecule has 1 amide bonds. The molecule has 30 heavy (non-hydrogen) atoms. The van der Waals surface area contributed by atoms with Crippen molar-refractivity contribution in [2.24, 2.45) is 0 Å². The van der Waals surface area contributed by atoms with Gasteiger partial charge in [-0.1, -0.05) is 23.7 Å². The van der Waals surface area contributed by atoms with Crippen molar-refractivity contribution in [2.45, 2.75) is 25.8 Å². The molecule has 0 unspecified atom stereocenters. The molecule has 1 fully saturated rings. The number of hydrogen-bond acceptors (Lipinski definition) is 5. The van der Waals surface area contributed by atoms with Gasteiger partial charge in [0.25, 0.3) is 0 Å². The van der Waals surface area contributed by atoms with Gasteiger partial charge in [-0.25, -0.2) is 9.97 Å². The van der Waals surface area contributed by atoms with Crippen LogP contribution in [0.5, 0.6) is 0 Å². The quantitative estimate of drug-likeness (QED) is 0.647. The van der Waals surface area contributed by atoms with Crippen LogP contribution in [0.2, 0.25) is 5.02 Å². The lowest BCUT2D eigenvalue weighted by atomic mass is 10.1. The molecule has 0 spiro atoms. The van der Waals surface area contributed by atoms with E-state index in [9.17, 15) is 4.79 Å². The Balaban J connectivity index is 1.38. The van der Waals surface area contributed by atoms with E-state index in [1.54, 1.807) is 12.4 Å². The zero-order valence-electron chi connectivity index (χ0n) is 16.6. The molecule has 2 aliphatic rings. The third-order valence-corrected chi connectivity index (χ3v) is 6.01. The normalized spacial score (nSPS) is 16.1. The molecule has 1 aliphatic heterocycles. The number of rotatable bonds is 4. The highest BCUT2D eigenvalue weighted by molar-refractivity contribution is 6.30. The molecule has 0 radical (unpaired) electrons. The first-order valence-corrected chi connectivity index (χ1v) is 10.6. The summed E-state index contributed by atoms with van der Waals surface area (Å²) in [5.74, 6) is 1.75. The van der Waals surface area contributed by atoms with Crippen molar-refractivity contribution in [3.8, 4) is 11.4 Å². The van der Waals surface area contributed by atoms with Gasteiger partial charge in [0, 0.05) is 53.9 Å². The van der Waals surface area contributed by atoms with E-state index in [-0.39, 0.29) is 5.91 Å². The third-order valence-electron chi connectivity index (χ3n) is 5.75. The lowest BCUT2D eigenvalue weighted by Gasteiger charge is -2.36. The van der Waals surface area contributed by atoms with Crippen LogP contribution in [0.1, 0.15) is 23.2 Å². The van der Waals surface area contributed by atoms with Crippen LogP contribution in [0.15, 0.2) is 48.8 Å². The molecule has 3 heterocycles. The second-order valence-electron chi connectivity index (χ2n) is 7.75. The predicted molar refractivity (Wildman–Crippen MR) is 116 cm³/mol. The van der Waals surface area contributed by atoms with Gasteiger partial charge in [0.05, 0.1) is 6.54 Å². The Morgan fingerprint density at radius 2 is 1.77 bits per heavy atom. The van der Waals surface area contributed by atoms with Crippen LogP contribution in [-0.4, -0.2) is 45.4 Å². The number of anilines is 1. The molecule has 7 heteroatoms. The van der Waals surface area contributed by atoms with Crippen molar-refractivity contribution >= 4 is 23.3 Å². The topological polar surface area (TPSA) is 62.2 Å². The van der Waals surface area contributed by atoms with Crippen molar-refractivity contribution < 1.29 is 4.79 Å². The Kier molecular flexibility index (Phi) is 5.09. The molecule has 0 bridgehead atoms. The van der Waals surface area contributed by atoms with Crippen LogP contribution in [0, 0.1) is 0 Å². The van der Waals surface area contributed by atoms with Crippen molar-refractivity contribution in [3.63, 3.8) is 0 Å². The number of nitrogens with zero attached hydrogens (tertiary/aromatic N) is 5. The summed E-state index contributed by atoms with van der Waals surface area (Å²) in [6, 6.07) is 11.5. The average molecular weight is 420 g/mol. The van der Waals surface area contributed by atoms with Gasteiger partial charge in [-0.3, -0.25) is 9.78 Å². The van der Waals surface area contributed by atoms with E-state index in [0.29, 0.717) is 30.5 Å². The lowest BCUT2D eigenvalue weighted by molar-refractivity contribution is -0.131. The highest BCUT2D eigenvalue weighted by Crippen LogP contribution is 2.32. The summed E-state index contributed by atoms with van der Waals surface area (Å²) in [5.41, 5.74) is 4.35. The van der Waals surface area contributed by atoms with Crippen molar-refractivity contribution in [1.29, 1.82) is 0 Å². The van der Waals surface area contributed by atoms with E-state index in [4.69, 9.17) is 21.6 Å². The number of carbonyl (C=O) groups is 1. The van der Waals surface area contributed by atoms with E-state index in [2.05, 4.69) is 9.88 Å². The summed E-state index contributed by atoms with van der Waals surface area (Å²) in [6.45, 7) is 2.38. The van der Waals surface area contributed by atoms with Crippen LogP contribution in [0.4, 0.5) is 5.82 Å². The van der Waals surface area contributed by atoms with E-state index in [1.807, 2.05) is 41.3 Å². The lowest BCUT2D eigenvalue weighted by Crippen LogP contribution is -2.50. The molecule has 152 valence electrons. The standard InChI is InChI=1S/C23H22ClN5O/c24-18-6-4-16(5-7-18)14-28-12-13-29(15-21(28)30)23-19-2-1-3-20(19)26-22(27-23)17-8-10-25-11-9-17/h4-11H,1-3,12-15H2. The Labute approximate surface area is 180 Å². The van der Waals surface area contributed by atoms with E-state index >= 15 is 0 Å². The van der Waals surface area contributed by atoms with Gasteiger partial charge in [0.2, 0.25) is 5.91 Å². The Morgan fingerprint density at radius 3 is 2.53 bits per heavy atom. The zero-order chi connectivity index (χ0) is 20.5. The monoisotopic (exact) mass is 419 g/mol. The summed E-state index contributed by atoms with van der Waals surface area (Å²) in [4.78, 5) is 30.7. The number of aromatic nitrogens is 3. The molecule has 0 saturated carbocycles. The SMILES string of the molecule is O=C1CN(c2nc(-c3ccncc3)nc3c2CCC3)CCN1Cc1ccc(Cl)cc1. The molecule has 1 aromatic carbocycles. The van der Waals surface area contributed by atoms with E-state index < -0.39 is 0 Å². The number of aryl methyl sites for hydroxylation is 1. The zero-order valence-corrected chi connectivity index (χ0v) is 17.3. The Morgan fingerprint density at radius 1 is 0.967 bits per heavy atom. The van der Waals surface area contributed by atoms with Gasteiger partial charge in [-0.2, -0.15) is 0 Å². The summed E-state index contributed by atoms with van der Waals surface area (Å²) in [5, 5.41) is 0.706. The number of pyridine rings is 1. The first-order chi connectivity index (χ1) is 14.7. The van der Waals surface area contributed by atoms with Crippen molar-refractivity contribution in [3.05, 3.63) is 70.6 Å². The number of halogens is 1. The molecular formula is C23H22ClN5O. The van der Waals surface area contributed by atoms with Crippen molar-refractivity contribution in [1.82, 2.24) is 19.9 Å². The first-order valence-electron chi connectivity index (χ1n) is 10.2. The van der Waals surface area contributed by atoms with E-state index in [1.165, 1.54) is 5.56 Å². The third kappa shape index (κ3) is 3.75. The fraction of sp³-hybridized carbons (Fsp3) is 0.304. The molecule has 1 saturated heterocycles. The molecular weight excluding hydrogens is 398 g/mol.